The fraction of sp³-hybridized carbons (Fsp3) is 0.944. The van der Waals surface area contributed by atoms with Gasteiger partial charge in [-0.25, -0.2) is 0 Å². The number of aliphatic hydroxyl groups is 1. The van der Waals surface area contributed by atoms with Gasteiger partial charge in [0.15, 0.2) is 0 Å². The molecule has 0 saturated heterocycles. The van der Waals surface area contributed by atoms with E-state index < -0.39 is 5.60 Å². The van der Waals surface area contributed by atoms with Gasteiger partial charge in [-0.1, -0.05) is 32.6 Å². The zero-order valence-electron chi connectivity index (χ0n) is 13.5. The molecule has 4 unspecified atom stereocenters. The van der Waals surface area contributed by atoms with Gasteiger partial charge in [0.1, 0.15) is 6.29 Å². The van der Waals surface area contributed by atoms with Crippen molar-refractivity contribution in [3.05, 3.63) is 0 Å². The SMILES string of the molecule is CC(CCCC(C)(C)O)C1CCC2CCCCC21C=O. The third-order valence-corrected chi connectivity index (χ3v) is 6.04. The summed E-state index contributed by atoms with van der Waals surface area (Å²) in [5.41, 5.74) is -0.544. The summed E-state index contributed by atoms with van der Waals surface area (Å²) in [5.74, 6) is 1.87. The summed E-state index contributed by atoms with van der Waals surface area (Å²) in [6.07, 6.45) is 11.9. The highest BCUT2D eigenvalue weighted by atomic mass is 16.3. The van der Waals surface area contributed by atoms with Gasteiger partial charge < -0.3 is 9.90 Å². The van der Waals surface area contributed by atoms with E-state index >= 15 is 0 Å². The van der Waals surface area contributed by atoms with Crippen LogP contribution in [0.15, 0.2) is 0 Å². The van der Waals surface area contributed by atoms with E-state index in [1.807, 2.05) is 13.8 Å². The van der Waals surface area contributed by atoms with E-state index in [4.69, 9.17) is 0 Å². The molecule has 0 amide bonds. The van der Waals surface area contributed by atoms with Crippen LogP contribution in [0.5, 0.6) is 0 Å². The zero-order valence-corrected chi connectivity index (χ0v) is 13.5. The minimum Gasteiger partial charge on any atom is -0.390 e. The standard InChI is InChI=1S/C18H32O2/c1-14(7-6-11-17(2,3)20)16-10-9-15-8-4-5-12-18(15,16)13-19/h13-16,20H,4-12H2,1-3H3. The van der Waals surface area contributed by atoms with E-state index in [-0.39, 0.29) is 5.41 Å². The van der Waals surface area contributed by atoms with Crippen LogP contribution in [0.25, 0.3) is 0 Å². The summed E-state index contributed by atoms with van der Waals surface area (Å²) < 4.78 is 0. The van der Waals surface area contributed by atoms with Crippen LogP contribution >= 0.6 is 0 Å². The fourth-order valence-electron chi connectivity index (χ4n) is 4.96. The summed E-state index contributed by atoms with van der Waals surface area (Å²) in [5, 5.41) is 9.82. The number of hydrogen-bond acceptors (Lipinski definition) is 2. The van der Waals surface area contributed by atoms with Crippen molar-refractivity contribution in [1.29, 1.82) is 0 Å². The van der Waals surface area contributed by atoms with Crippen molar-refractivity contribution in [3.8, 4) is 0 Å². The third kappa shape index (κ3) is 3.27. The summed E-state index contributed by atoms with van der Waals surface area (Å²) in [4.78, 5) is 11.9. The lowest BCUT2D eigenvalue weighted by molar-refractivity contribution is -0.124. The number of carbonyl (C=O) groups is 1. The van der Waals surface area contributed by atoms with E-state index in [2.05, 4.69) is 6.92 Å². The van der Waals surface area contributed by atoms with Crippen LogP contribution < -0.4 is 0 Å². The lowest BCUT2D eigenvalue weighted by atomic mass is 9.62. The van der Waals surface area contributed by atoms with Crippen LogP contribution in [0.4, 0.5) is 0 Å². The largest absolute Gasteiger partial charge is 0.390 e. The molecule has 2 rings (SSSR count). The Bertz CT molecular complexity index is 331. The monoisotopic (exact) mass is 280 g/mol. The molecular weight excluding hydrogens is 248 g/mol. The second-order valence-electron chi connectivity index (χ2n) is 8.04. The molecule has 0 spiro atoms. The molecule has 0 heterocycles. The average Bonchev–Trinajstić information content (AvgIpc) is 2.76. The van der Waals surface area contributed by atoms with Gasteiger partial charge >= 0.3 is 0 Å². The van der Waals surface area contributed by atoms with Crippen LogP contribution in [-0.4, -0.2) is 17.0 Å². The molecule has 0 aromatic rings. The molecule has 2 fully saturated rings. The van der Waals surface area contributed by atoms with Gasteiger partial charge in [-0.2, -0.15) is 0 Å². The Hall–Kier alpha value is -0.370. The first-order chi connectivity index (χ1) is 9.39. The molecule has 2 nitrogen and oxygen atoms in total. The van der Waals surface area contributed by atoms with Crippen molar-refractivity contribution in [2.24, 2.45) is 23.2 Å². The molecule has 4 atom stereocenters. The fourth-order valence-corrected chi connectivity index (χ4v) is 4.96. The van der Waals surface area contributed by atoms with E-state index in [1.165, 1.54) is 38.4 Å². The molecule has 0 radical (unpaired) electrons. The predicted molar refractivity (Wildman–Crippen MR) is 82.5 cm³/mol. The molecule has 2 heteroatoms. The first kappa shape index (κ1) is 16.0. The zero-order chi connectivity index (χ0) is 14.8. The maximum atomic E-state index is 11.9. The lowest BCUT2D eigenvalue weighted by Crippen LogP contribution is -2.39. The molecule has 116 valence electrons. The van der Waals surface area contributed by atoms with Crippen LogP contribution in [0.3, 0.4) is 0 Å². The van der Waals surface area contributed by atoms with Gasteiger partial charge in [-0.05, 0) is 63.7 Å². The summed E-state index contributed by atoms with van der Waals surface area (Å²) in [6, 6.07) is 0. The van der Waals surface area contributed by atoms with Crippen molar-refractivity contribution in [2.45, 2.75) is 84.2 Å². The van der Waals surface area contributed by atoms with Gasteiger partial charge in [-0.15, -0.1) is 0 Å². The van der Waals surface area contributed by atoms with E-state index in [0.29, 0.717) is 17.8 Å². The smallest absolute Gasteiger partial charge is 0.126 e. The highest BCUT2D eigenvalue weighted by Gasteiger charge is 2.52. The Balaban J connectivity index is 1.95. The maximum Gasteiger partial charge on any atom is 0.126 e. The normalized spacial score (nSPS) is 35.6. The van der Waals surface area contributed by atoms with Gasteiger partial charge in [0, 0.05) is 5.41 Å². The Labute approximate surface area is 124 Å². The molecule has 2 aliphatic rings. The molecule has 0 aromatic carbocycles. The van der Waals surface area contributed by atoms with E-state index in [0.717, 1.165) is 25.7 Å². The summed E-state index contributed by atoms with van der Waals surface area (Å²) in [6.45, 7) is 6.10. The second kappa shape index (κ2) is 6.17. The highest BCUT2D eigenvalue weighted by Crippen LogP contribution is 2.57. The average molecular weight is 280 g/mol. The highest BCUT2D eigenvalue weighted by molar-refractivity contribution is 5.61. The van der Waals surface area contributed by atoms with Gasteiger partial charge in [-0.3, -0.25) is 0 Å². The predicted octanol–water partition coefficient (Wildman–Crippen LogP) is 4.35. The summed E-state index contributed by atoms with van der Waals surface area (Å²) >= 11 is 0. The third-order valence-electron chi connectivity index (χ3n) is 6.04. The van der Waals surface area contributed by atoms with E-state index in [9.17, 15) is 9.90 Å². The van der Waals surface area contributed by atoms with Crippen LogP contribution in [-0.2, 0) is 4.79 Å². The van der Waals surface area contributed by atoms with Crippen molar-refractivity contribution in [2.75, 3.05) is 0 Å². The minimum absolute atomic E-state index is 0.00635. The summed E-state index contributed by atoms with van der Waals surface area (Å²) in [7, 11) is 0. The number of rotatable bonds is 6. The van der Waals surface area contributed by atoms with Crippen molar-refractivity contribution in [3.63, 3.8) is 0 Å². The topological polar surface area (TPSA) is 37.3 Å². The Kier molecular flexibility index (Phi) is 4.94. The molecule has 2 aliphatic carbocycles. The quantitative estimate of drug-likeness (QED) is 0.734. The van der Waals surface area contributed by atoms with Gasteiger partial charge in [0.25, 0.3) is 0 Å². The minimum atomic E-state index is -0.550. The second-order valence-corrected chi connectivity index (χ2v) is 8.04. The van der Waals surface area contributed by atoms with Gasteiger partial charge in [0.2, 0.25) is 0 Å². The van der Waals surface area contributed by atoms with Crippen molar-refractivity contribution < 1.29 is 9.90 Å². The first-order valence-electron chi connectivity index (χ1n) is 8.58. The lowest BCUT2D eigenvalue weighted by Gasteiger charge is -2.41. The molecule has 0 bridgehead atoms. The molecule has 20 heavy (non-hydrogen) atoms. The Morgan fingerprint density at radius 3 is 2.70 bits per heavy atom. The van der Waals surface area contributed by atoms with Crippen molar-refractivity contribution in [1.82, 2.24) is 0 Å². The first-order valence-corrected chi connectivity index (χ1v) is 8.58. The maximum absolute atomic E-state index is 11.9. The van der Waals surface area contributed by atoms with Crippen LogP contribution in [0, 0.1) is 23.2 Å². The Morgan fingerprint density at radius 2 is 2.05 bits per heavy atom. The number of fused-ring (bicyclic) bond motifs is 1. The number of hydrogen-bond donors (Lipinski definition) is 1. The van der Waals surface area contributed by atoms with Crippen LogP contribution in [0.1, 0.15) is 78.6 Å². The number of carbonyl (C=O) groups excluding carboxylic acids is 1. The number of aldehydes is 1. The van der Waals surface area contributed by atoms with Crippen LogP contribution in [0.2, 0.25) is 0 Å². The molecule has 0 aromatic heterocycles. The van der Waals surface area contributed by atoms with Crippen molar-refractivity contribution >= 4 is 6.29 Å². The van der Waals surface area contributed by atoms with Gasteiger partial charge in [0.05, 0.1) is 5.60 Å². The molecule has 0 aliphatic heterocycles. The molecule has 2 saturated carbocycles. The molecular formula is C18H32O2. The Morgan fingerprint density at radius 1 is 1.30 bits per heavy atom. The molecule has 1 N–H and O–H groups in total. The van der Waals surface area contributed by atoms with E-state index in [1.54, 1.807) is 0 Å².